The summed E-state index contributed by atoms with van der Waals surface area (Å²) in [6.07, 6.45) is 0. The van der Waals surface area contributed by atoms with Crippen LogP contribution >= 0.6 is 11.8 Å². The van der Waals surface area contributed by atoms with Gasteiger partial charge in [-0.25, -0.2) is 0 Å². The standard InChI is InChI=1S/C21H18F2N2OS/c1-14-7-6-8-15(13-14)24-17-10-3-2-9-16(17)20(26)25-18-11-4-5-12-19(18)27-21(22)23/h2-13,21,24H,1H3,(H,25,26). The second-order valence-corrected chi connectivity index (χ2v) is 6.90. The van der Waals surface area contributed by atoms with Gasteiger partial charge in [0.2, 0.25) is 0 Å². The maximum Gasteiger partial charge on any atom is 0.288 e. The van der Waals surface area contributed by atoms with E-state index in [0.29, 0.717) is 33.6 Å². The summed E-state index contributed by atoms with van der Waals surface area (Å²) < 4.78 is 25.5. The van der Waals surface area contributed by atoms with E-state index in [1.54, 1.807) is 42.5 Å². The Morgan fingerprint density at radius 3 is 2.37 bits per heavy atom. The number of halogens is 2. The minimum Gasteiger partial charge on any atom is -0.355 e. The highest BCUT2D eigenvalue weighted by atomic mass is 32.2. The molecule has 0 aliphatic carbocycles. The van der Waals surface area contributed by atoms with Crippen molar-refractivity contribution >= 4 is 34.7 Å². The molecule has 0 radical (unpaired) electrons. The summed E-state index contributed by atoms with van der Waals surface area (Å²) in [6.45, 7) is 1.99. The zero-order valence-electron chi connectivity index (χ0n) is 14.6. The Kier molecular flexibility index (Phi) is 6.08. The second kappa shape index (κ2) is 8.68. The van der Waals surface area contributed by atoms with Crippen LogP contribution in [0.15, 0.2) is 77.7 Å². The monoisotopic (exact) mass is 384 g/mol. The highest BCUT2D eigenvalue weighted by Crippen LogP contribution is 2.32. The van der Waals surface area contributed by atoms with E-state index in [1.807, 2.05) is 37.3 Å². The summed E-state index contributed by atoms with van der Waals surface area (Å²) in [5, 5.41) is 5.98. The van der Waals surface area contributed by atoms with Gasteiger partial charge in [0.15, 0.2) is 0 Å². The number of amides is 1. The lowest BCUT2D eigenvalue weighted by Crippen LogP contribution is -2.14. The first kappa shape index (κ1) is 18.9. The lowest BCUT2D eigenvalue weighted by molar-refractivity contribution is 0.102. The molecule has 0 aliphatic heterocycles. The molecule has 3 rings (SSSR count). The van der Waals surface area contributed by atoms with E-state index in [-0.39, 0.29) is 5.91 Å². The number of carbonyl (C=O) groups excluding carboxylic acids is 1. The van der Waals surface area contributed by atoms with E-state index in [0.717, 1.165) is 11.3 Å². The van der Waals surface area contributed by atoms with Crippen LogP contribution in [0.3, 0.4) is 0 Å². The van der Waals surface area contributed by atoms with Crippen LogP contribution in [0.1, 0.15) is 15.9 Å². The van der Waals surface area contributed by atoms with E-state index >= 15 is 0 Å². The molecule has 6 heteroatoms. The minimum atomic E-state index is -2.56. The molecule has 0 fully saturated rings. The summed E-state index contributed by atoms with van der Waals surface area (Å²) >= 11 is 0.407. The number of aryl methyl sites for hydroxylation is 1. The molecule has 0 heterocycles. The van der Waals surface area contributed by atoms with Crippen molar-refractivity contribution in [3.05, 3.63) is 83.9 Å². The number of para-hydroxylation sites is 2. The van der Waals surface area contributed by atoms with E-state index in [1.165, 1.54) is 0 Å². The number of nitrogens with one attached hydrogen (secondary N) is 2. The van der Waals surface area contributed by atoms with Crippen LogP contribution in [0.2, 0.25) is 0 Å². The lowest BCUT2D eigenvalue weighted by atomic mass is 10.1. The Balaban J connectivity index is 1.84. The van der Waals surface area contributed by atoms with Gasteiger partial charge < -0.3 is 10.6 Å². The van der Waals surface area contributed by atoms with Crippen LogP contribution in [-0.4, -0.2) is 11.7 Å². The van der Waals surface area contributed by atoms with Crippen molar-refractivity contribution in [1.82, 2.24) is 0 Å². The van der Waals surface area contributed by atoms with Crippen molar-refractivity contribution in [3.63, 3.8) is 0 Å². The molecular formula is C21H18F2N2OS. The Bertz CT molecular complexity index is 947. The summed E-state index contributed by atoms with van der Waals surface area (Å²) in [6, 6.07) is 21.4. The molecule has 0 aliphatic rings. The molecule has 0 aromatic heterocycles. The van der Waals surface area contributed by atoms with Crippen LogP contribution in [0.5, 0.6) is 0 Å². The Hall–Kier alpha value is -2.86. The Morgan fingerprint density at radius 1 is 0.926 bits per heavy atom. The topological polar surface area (TPSA) is 41.1 Å². The van der Waals surface area contributed by atoms with Gasteiger partial charge >= 0.3 is 0 Å². The molecule has 1 amide bonds. The second-order valence-electron chi connectivity index (χ2n) is 5.87. The van der Waals surface area contributed by atoms with Gasteiger partial charge in [-0.15, -0.1) is 0 Å². The molecule has 0 saturated carbocycles. The number of benzene rings is 3. The van der Waals surface area contributed by atoms with Gasteiger partial charge in [0.25, 0.3) is 11.7 Å². The van der Waals surface area contributed by atoms with Gasteiger partial charge in [0.05, 0.1) is 16.9 Å². The predicted molar refractivity (Wildman–Crippen MR) is 107 cm³/mol. The first-order chi connectivity index (χ1) is 13.0. The fourth-order valence-electron chi connectivity index (χ4n) is 2.63. The molecule has 0 atom stereocenters. The normalized spacial score (nSPS) is 10.7. The molecular weight excluding hydrogens is 366 g/mol. The van der Waals surface area contributed by atoms with Crippen LogP contribution in [0.4, 0.5) is 25.8 Å². The van der Waals surface area contributed by atoms with Crippen LogP contribution < -0.4 is 10.6 Å². The fraction of sp³-hybridized carbons (Fsp3) is 0.0952. The van der Waals surface area contributed by atoms with Crippen LogP contribution in [0, 0.1) is 6.92 Å². The highest BCUT2D eigenvalue weighted by molar-refractivity contribution is 7.99. The quantitative estimate of drug-likeness (QED) is 0.490. The average Bonchev–Trinajstić information content (AvgIpc) is 2.63. The molecule has 0 saturated heterocycles. The molecule has 27 heavy (non-hydrogen) atoms. The highest BCUT2D eigenvalue weighted by Gasteiger charge is 2.15. The average molecular weight is 384 g/mol. The first-order valence-corrected chi connectivity index (χ1v) is 9.19. The zero-order chi connectivity index (χ0) is 19.2. The maximum absolute atomic E-state index is 12.8. The van der Waals surface area contributed by atoms with Crippen LogP contribution in [0.25, 0.3) is 0 Å². The Labute approximate surface area is 160 Å². The summed E-state index contributed by atoms with van der Waals surface area (Å²) in [7, 11) is 0. The maximum atomic E-state index is 12.8. The number of rotatable bonds is 6. The third-order valence-corrected chi connectivity index (χ3v) is 4.61. The largest absolute Gasteiger partial charge is 0.355 e. The van der Waals surface area contributed by atoms with Gasteiger partial charge in [-0.1, -0.05) is 48.2 Å². The third kappa shape index (κ3) is 5.08. The van der Waals surface area contributed by atoms with Gasteiger partial charge in [-0.05, 0) is 48.9 Å². The smallest absolute Gasteiger partial charge is 0.288 e. The Morgan fingerprint density at radius 2 is 1.63 bits per heavy atom. The number of alkyl halides is 2. The fourth-order valence-corrected chi connectivity index (χ4v) is 3.22. The molecule has 138 valence electrons. The van der Waals surface area contributed by atoms with Crippen molar-refractivity contribution in [2.45, 2.75) is 17.6 Å². The molecule has 3 aromatic carbocycles. The summed E-state index contributed by atoms with van der Waals surface area (Å²) in [5.41, 5.74) is 3.39. The van der Waals surface area contributed by atoms with Gasteiger partial charge in [-0.2, -0.15) is 8.78 Å². The lowest BCUT2D eigenvalue weighted by Gasteiger charge is -2.14. The van der Waals surface area contributed by atoms with Crippen molar-refractivity contribution in [2.24, 2.45) is 0 Å². The van der Waals surface area contributed by atoms with Crippen molar-refractivity contribution in [2.75, 3.05) is 10.6 Å². The molecule has 3 nitrogen and oxygen atoms in total. The van der Waals surface area contributed by atoms with Crippen molar-refractivity contribution < 1.29 is 13.6 Å². The minimum absolute atomic E-state index is 0.324. The van der Waals surface area contributed by atoms with E-state index in [2.05, 4.69) is 10.6 Å². The van der Waals surface area contributed by atoms with Gasteiger partial charge in [0.1, 0.15) is 0 Å². The van der Waals surface area contributed by atoms with Gasteiger partial charge in [-0.3, -0.25) is 4.79 Å². The van der Waals surface area contributed by atoms with Crippen LogP contribution in [-0.2, 0) is 0 Å². The predicted octanol–water partition coefficient (Wildman–Crippen LogP) is 6.31. The number of hydrogen-bond acceptors (Lipinski definition) is 3. The zero-order valence-corrected chi connectivity index (χ0v) is 15.4. The number of carbonyl (C=O) groups is 1. The first-order valence-electron chi connectivity index (χ1n) is 8.31. The van der Waals surface area contributed by atoms with Gasteiger partial charge in [0, 0.05) is 10.6 Å². The van der Waals surface area contributed by atoms with Crippen molar-refractivity contribution in [3.8, 4) is 0 Å². The van der Waals surface area contributed by atoms with Crippen molar-refractivity contribution in [1.29, 1.82) is 0 Å². The number of anilines is 3. The van der Waals surface area contributed by atoms with E-state index in [9.17, 15) is 13.6 Å². The molecule has 3 aromatic rings. The number of thioether (sulfide) groups is 1. The molecule has 0 bridgehead atoms. The third-order valence-electron chi connectivity index (χ3n) is 3.82. The molecule has 2 N–H and O–H groups in total. The number of hydrogen-bond donors (Lipinski definition) is 2. The summed E-state index contributed by atoms with van der Waals surface area (Å²) in [5.74, 6) is -2.92. The SMILES string of the molecule is Cc1cccc(Nc2ccccc2C(=O)Nc2ccccc2SC(F)F)c1. The van der Waals surface area contributed by atoms with E-state index < -0.39 is 5.76 Å². The molecule has 0 unspecified atom stereocenters. The molecule has 0 spiro atoms. The van der Waals surface area contributed by atoms with E-state index in [4.69, 9.17) is 0 Å². The summed E-state index contributed by atoms with van der Waals surface area (Å²) in [4.78, 5) is 13.1.